The van der Waals surface area contributed by atoms with E-state index in [9.17, 15) is 9.59 Å². The predicted octanol–water partition coefficient (Wildman–Crippen LogP) is 2.04. The highest BCUT2D eigenvalue weighted by molar-refractivity contribution is 8.00. The Hall–Kier alpha value is -0.710. The number of thioether (sulfide) groups is 1. The average molecular weight is 298 g/mol. The van der Waals surface area contributed by atoms with Crippen LogP contribution in [0.3, 0.4) is 0 Å². The van der Waals surface area contributed by atoms with E-state index in [4.69, 9.17) is 0 Å². The van der Waals surface area contributed by atoms with E-state index in [1.165, 1.54) is 19.3 Å². The molecule has 1 aliphatic heterocycles. The van der Waals surface area contributed by atoms with Crippen molar-refractivity contribution in [3.63, 3.8) is 0 Å². The van der Waals surface area contributed by atoms with Crippen LogP contribution < -0.4 is 5.32 Å². The van der Waals surface area contributed by atoms with Crippen molar-refractivity contribution < 1.29 is 9.59 Å². The Morgan fingerprint density at radius 2 is 1.95 bits per heavy atom. The lowest BCUT2D eigenvalue weighted by atomic mass is 9.87. The van der Waals surface area contributed by atoms with Gasteiger partial charge in [0.25, 0.3) is 0 Å². The van der Waals surface area contributed by atoms with Crippen LogP contribution in [0.25, 0.3) is 0 Å². The highest BCUT2D eigenvalue weighted by Gasteiger charge is 2.40. The molecule has 1 saturated heterocycles. The van der Waals surface area contributed by atoms with Crippen molar-refractivity contribution in [2.24, 2.45) is 5.92 Å². The summed E-state index contributed by atoms with van der Waals surface area (Å²) in [6, 6.07) is -0.348. The summed E-state index contributed by atoms with van der Waals surface area (Å²) < 4.78 is 0.160. The first-order valence-electron chi connectivity index (χ1n) is 7.61. The van der Waals surface area contributed by atoms with Gasteiger partial charge in [-0.05, 0) is 25.0 Å². The molecule has 5 heteroatoms. The molecule has 2 amide bonds. The Kier molecular flexibility index (Phi) is 4.99. The van der Waals surface area contributed by atoms with Gasteiger partial charge in [0.05, 0.1) is 6.54 Å². The Labute approximate surface area is 126 Å². The maximum absolute atomic E-state index is 12.5. The SMILES string of the molecule is CSC1(CN2CC(=O)NC(C(C)C)C2=O)CCCCC1. The van der Waals surface area contributed by atoms with Gasteiger partial charge in [-0.3, -0.25) is 9.59 Å². The van der Waals surface area contributed by atoms with Gasteiger partial charge in [0, 0.05) is 11.3 Å². The third kappa shape index (κ3) is 3.30. The maximum atomic E-state index is 12.5. The molecular weight excluding hydrogens is 272 g/mol. The number of piperazine rings is 1. The van der Waals surface area contributed by atoms with Gasteiger partial charge in [0.2, 0.25) is 11.8 Å². The van der Waals surface area contributed by atoms with Crippen LogP contribution in [0.15, 0.2) is 0 Å². The standard InChI is InChI=1S/C15H26N2O2S/c1-11(2)13-14(19)17(9-12(18)16-13)10-15(20-3)7-5-4-6-8-15/h11,13H,4-10H2,1-3H3,(H,16,18). The lowest BCUT2D eigenvalue weighted by Crippen LogP contribution is -2.62. The van der Waals surface area contributed by atoms with Gasteiger partial charge in [-0.15, -0.1) is 0 Å². The molecule has 1 saturated carbocycles. The smallest absolute Gasteiger partial charge is 0.245 e. The first kappa shape index (κ1) is 15.7. The summed E-state index contributed by atoms with van der Waals surface area (Å²) in [7, 11) is 0. The average Bonchev–Trinajstić information content (AvgIpc) is 2.43. The number of hydrogen-bond acceptors (Lipinski definition) is 3. The molecule has 20 heavy (non-hydrogen) atoms. The fourth-order valence-electron chi connectivity index (χ4n) is 3.29. The second kappa shape index (κ2) is 6.37. The molecule has 0 bridgehead atoms. The van der Waals surface area contributed by atoms with Crippen LogP contribution in [-0.4, -0.2) is 46.8 Å². The van der Waals surface area contributed by atoms with E-state index in [0.29, 0.717) is 0 Å². The number of carbonyl (C=O) groups is 2. The van der Waals surface area contributed by atoms with E-state index in [1.807, 2.05) is 25.6 Å². The third-order valence-corrected chi connectivity index (χ3v) is 5.98. The Morgan fingerprint density at radius 3 is 2.50 bits per heavy atom. The maximum Gasteiger partial charge on any atom is 0.245 e. The second-order valence-corrected chi connectivity index (χ2v) is 7.71. The summed E-state index contributed by atoms with van der Waals surface area (Å²) >= 11 is 1.87. The molecular formula is C15H26N2O2S. The molecule has 0 spiro atoms. The Balaban J connectivity index is 2.10. The summed E-state index contributed by atoms with van der Waals surface area (Å²) in [6.45, 7) is 4.92. The molecule has 1 N–H and O–H groups in total. The van der Waals surface area contributed by atoms with Gasteiger partial charge in [-0.25, -0.2) is 0 Å². The zero-order valence-corrected chi connectivity index (χ0v) is 13.6. The molecule has 1 aliphatic carbocycles. The first-order chi connectivity index (χ1) is 9.47. The van der Waals surface area contributed by atoms with Crippen molar-refractivity contribution in [1.29, 1.82) is 0 Å². The van der Waals surface area contributed by atoms with E-state index in [0.717, 1.165) is 19.4 Å². The zero-order valence-electron chi connectivity index (χ0n) is 12.8. The number of carbonyl (C=O) groups excluding carboxylic acids is 2. The Bertz CT molecular complexity index is 378. The monoisotopic (exact) mass is 298 g/mol. The molecule has 0 radical (unpaired) electrons. The van der Waals surface area contributed by atoms with Crippen LogP contribution in [-0.2, 0) is 9.59 Å². The molecule has 2 aliphatic rings. The largest absolute Gasteiger partial charge is 0.343 e. The first-order valence-corrected chi connectivity index (χ1v) is 8.83. The fraction of sp³-hybridized carbons (Fsp3) is 0.867. The number of nitrogens with zero attached hydrogens (tertiary/aromatic N) is 1. The van der Waals surface area contributed by atoms with Crippen molar-refractivity contribution >= 4 is 23.6 Å². The molecule has 1 heterocycles. The van der Waals surface area contributed by atoms with E-state index < -0.39 is 0 Å². The van der Waals surface area contributed by atoms with Gasteiger partial charge in [-0.1, -0.05) is 33.1 Å². The van der Waals surface area contributed by atoms with Crippen LogP contribution in [0, 0.1) is 5.92 Å². The number of amides is 2. The van der Waals surface area contributed by atoms with E-state index in [-0.39, 0.29) is 35.1 Å². The normalized spacial score (nSPS) is 26.8. The van der Waals surface area contributed by atoms with Gasteiger partial charge in [0.15, 0.2) is 0 Å². The lowest BCUT2D eigenvalue weighted by molar-refractivity contribution is -0.146. The van der Waals surface area contributed by atoms with Gasteiger partial charge >= 0.3 is 0 Å². The highest BCUT2D eigenvalue weighted by Crippen LogP contribution is 2.39. The summed E-state index contributed by atoms with van der Waals surface area (Å²) in [5.74, 6) is 0.222. The molecule has 0 aromatic carbocycles. The topological polar surface area (TPSA) is 49.4 Å². The van der Waals surface area contributed by atoms with Gasteiger partial charge < -0.3 is 10.2 Å². The van der Waals surface area contributed by atoms with Crippen LogP contribution in [0.2, 0.25) is 0 Å². The van der Waals surface area contributed by atoms with Crippen molar-refractivity contribution in [1.82, 2.24) is 10.2 Å². The van der Waals surface area contributed by atoms with E-state index >= 15 is 0 Å². The van der Waals surface area contributed by atoms with Crippen molar-refractivity contribution in [2.75, 3.05) is 19.3 Å². The molecule has 114 valence electrons. The summed E-state index contributed by atoms with van der Waals surface area (Å²) in [4.78, 5) is 26.2. The Morgan fingerprint density at radius 1 is 1.30 bits per heavy atom. The second-order valence-electron chi connectivity index (χ2n) is 6.43. The van der Waals surface area contributed by atoms with Crippen molar-refractivity contribution in [2.45, 2.75) is 56.7 Å². The van der Waals surface area contributed by atoms with Gasteiger partial charge in [-0.2, -0.15) is 11.8 Å². The van der Waals surface area contributed by atoms with Crippen LogP contribution in [0.1, 0.15) is 46.0 Å². The molecule has 1 unspecified atom stereocenters. The van der Waals surface area contributed by atoms with E-state index in [1.54, 1.807) is 4.90 Å². The molecule has 0 aromatic rings. The third-order valence-electron chi connectivity index (χ3n) is 4.57. The van der Waals surface area contributed by atoms with Crippen LogP contribution in [0.5, 0.6) is 0 Å². The zero-order chi connectivity index (χ0) is 14.8. The summed E-state index contributed by atoms with van der Waals surface area (Å²) in [5, 5.41) is 2.83. The van der Waals surface area contributed by atoms with Crippen molar-refractivity contribution in [3.8, 4) is 0 Å². The predicted molar refractivity (Wildman–Crippen MR) is 82.7 cm³/mol. The highest BCUT2D eigenvalue weighted by atomic mass is 32.2. The molecule has 1 atom stereocenters. The van der Waals surface area contributed by atoms with Gasteiger partial charge in [0.1, 0.15) is 6.04 Å². The minimum atomic E-state index is -0.348. The number of hydrogen-bond donors (Lipinski definition) is 1. The summed E-state index contributed by atoms with van der Waals surface area (Å²) in [6.07, 6.45) is 8.23. The minimum Gasteiger partial charge on any atom is -0.343 e. The molecule has 0 aromatic heterocycles. The van der Waals surface area contributed by atoms with E-state index in [2.05, 4.69) is 11.6 Å². The van der Waals surface area contributed by atoms with Crippen LogP contribution in [0.4, 0.5) is 0 Å². The van der Waals surface area contributed by atoms with Crippen molar-refractivity contribution in [3.05, 3.63) is 0 Å². The number of rotatable bonds is 4. The summed E-state index contributed by atoms with van der Waals surface area (Å²) in [5.41, 5.74) is 0. The molecule has 4 nitrogen and oxygen atoms in total. The van der Waals surface area contributed by atoms with Crippen LogP contribution >= 0.6 is 11.8 Å². The molecule has 2 fully saturated rings. The molecule has 2 rings (SSSR count). The number of nitrogens with one attached hydrogen (secondary N) is 1. The minimum absolute atomic E-state index is 0.0182. The fourth-order valence-corrected chi connectivity index (χ4v) is 4.27. The quantitative estimate of drug-likeness (QED) is 0.864. The lowest BCUT2D eigenvalue weighted by Gasteiger charge is -2.42.